The van der Waals surface area contributed by atoms with Gasteiger partial charge in [-0.3, -0.25) is 9.36 Å². The van der Waals surface area contributed by atoms with Gasteiger partial charge in [0.25, 0.3) is 5.56 Å². The molecule has 1 heterocycles. The Labute approximate surface area is 153 Å². The molecule has 0 bridgehead atoms. The van der Waals surface area contributed by atoms with Gasteiger partial charge < -0.3 is 5.11 Å². The summed E-state index contributed by atoms with van der Waals surface area (Å²) in [5.74, 6) is -0.470. The predicted molar refractivity (Wildman–Crippen MR) is 92.3 cm³/mol. The second-order valence-electron chi connectivity index (χ2n) is 6.34. The fourth-order valence-corrected chi connectivity index (χ4v) is 2.44. The molecule has 0 atom stereocenters. The molecule has 0 fully saturated rings. The number of nitriles is 1. The van der Waals surface area contributed by atoms with Crippen molar-refractivity contribution in [2.75, 3.05) is 0 Å². The molecule has 1 N–H and O–H groups in total. The summed E-state index contributed by atoms with van der Waals surface area (Å²) in [6, 6.07) is 6.00. The molecule has 142 valence electrons. The Balaban J connectivity index is 2.58. The number of alkyl halides is 3. The van der Waals surface area contributed by atoms with Crippen LogP contribution >= 0.6 is 0 Å². The summed E-state index contributed by atoms with van der Waals surface area (Å²) in [7, 11) is 0. The Hall–Kier alpha value is -3.15. The number of benzene rings is 1. The largest absolute Gasteiger partial charge is 0.493 e. The standard InChI is InChI=1S/C18H17F3N4O2/c1-10(2)9-25-16(26)14(8-22)11(3)15(17(25)27)24-23-13-6-4-5-12(7-13)18(19,20)21/h4-7,10,26H,9H2,1-3H3. The van der Waals surface area contributed by atoms with Crippen molar-refractivity contribution in [3.05, 3.63) is 51.3 Å². The van der Waals surface area contributed by atoms with Gasteiger partial charge in [-0.25, -0.2) is 0 Å². The normalized spacial score (nSPS) is 11.9. The van der Waals surface area contributed by atoms with Gasteiger partial charge in [-0.15, -0.1) is 5.11 Å². The number of hydrogen-bond acceptors (Lipinski definition) is 5. The molecule has 0 radical (unpaired) electrons. The zero-order valence-electron chi connectivity index (χ0n) is 14.9. The van der Waals surface area contributed by atoms with E-state index in [0.717, 1.165) is 16.7 Å². The van der Waals surface area contributed by atoms with Crippen LogP contribution in [0.4, 0.5) is 24.5 Å². The van der Waals surface area contributed by atoms with Crippen molar-refractivity contribution in [1.29, 1.82) is 5.26 Å². The third kappa shape index (κ3) is 4.34. The predicted octanol–water partition coefficient (Wildman–Crippen LogP) is 4.82. The molecule has 1 aromatic heterocycles. The molecule has 6 nitrogen and oxygen atoms in total. The third-order valence-electron chi connectivity index (χ3n) is 3.76. The van der Waals surface area contributed by atoms with Crippen molar-refractivity contribution < 1.29 is 18.3 Å². The SMILES string of the molecule is Cc1c(C#N)c(O)n(CC(C)C)c(=O)c1N=Nc1cccc(C(F)(F)F)c1. The molecule has 0 saturated carbocycles. The van der Waals surface area contributed by atoms with Gasteiger partial charge in [0.2, 0.25) is 5.88 Å². The van der Waals surface area contributed by atoms with Crippen molar-refractivity contribution in [2.24, 2.45) is 16.1 Å². The van der Waals surface area contributed by atoms with Crippen LogP contribution in [0.25, 0.3) is 0 Å². The lowest BCUT2D eigenvalue weighted by Crippen LogP contribution is -2.24. The summed E-state index contributed by atoms with van der Waals surface area (Å²) in [6.07, 6.45) is -4.53. The number of aromatic nitrogens is 1. The Morgan fingerprint density at radius 1 is 1.30 bits per heavy atom. The smallest absolute Gasteiger partial charge is 0.416 e. The maximum atomic E-state index is 12.8. The Morgan fingerprint density at radius 3 is 2.52 bits per heavy atom. The number of halogens is 3. The highest BCUT2D eigenvalue weighted by Crippen LogP contribution is 2.32. The topological polar surface area (TPSA) is 90.7 Å². The van der Waals surface area contributed by atoms with Crippen molar-refractivity contribution in [3.8, 4) is 11.9 Å². The molecular formula is C18H17F3N4O2. The number of nitrogens with zero attached hydrogens (tertiary/aromatic N) is 4. The Bertz CT molecular complexity index is 986. The van der Waals surface area contributed by atoms with Gasteiger partial charge >= 0.3 is 6.18 Å². The number of hydrogen-bond donors (Lipinski definition) is 1. The maximum absolute atomic E-state index is 12.8. The van der Waals surface area contributed by atoms with Crippen molar-refractivity contribution in [2.45, 2.75) is 33.5 Å². The third-order valence-corrected chi connectivity index (χ3v) is 3.76. The quantitative estimate of drug-likeness (QED) is 0.773. The van der Waals surface area contributed by atoms with E-state index in [1.165, 1.54) is 19.1 Å². The van der Waals surface area contributed by atoms with Crippen LogP contribution in [-0.2, 0) is 12.7 Å². The van der Waals surface area contributed by atoms with Crippen LogP contribution in [0.2, 0.25) is 0 Å². The van der Waals surface area contributed by atoms with E-state index in [1.54, 1.807) is 0 Å². The number of aromatic hydroxyl groups is 1. The van der Waals surface area contributed by atoms with Gasteiger partial charge in [-0.2, -0.15) is 23.5 Å². The number of azo groups is 1. The summed E-state index contributed by atoms with van der Waals surface area (Å²) in [6.45, 7) is 5.20. The molecular weight excluding hydrogens is 361 g/mol. The summed E-state index contributed by atoms with van der Waals surface area (Å²) >= 11 is 0. The summed E-state index contributed by atoms with van der Waals surface area (Å²) in [4.78, 5) is 12.6. The lowest BCUT2D eigenvalue weighted by Gasteiger charge is -2.14. The highest BCUT2D eigenvalue weighted by atomic mass is 19.4. The van der Waals surface area contributed by atoms with Gasteiger partial charge in [0.1, 0.15) is 11.6 Å². The van der Waals surface area contributed by atoms with E-state index in [1.807, 2.05) is 19.9 Å². The van der Waals surface area contributed by atoms with Gasteiger partial charge in [0.05, 0.1) is 11.3 Å². The molecule has 0 aliphatic carbocycles. The lowest BCUT2D eigenvalue weighted by atomic mass is 10.1. The first-order valence-corrected chi connectivity index (χ1v) is 8.01. The molecule has 0 unspecified atom stereocenters. The van der Waals surface area contributed by atoms with Crippen LogP contribution in [0.5, 0.6) is 5.88 Å². The van der Waals surface area contributed by atoms with Gasteiger partial charge in [0, 0.05) is 12.1 Å². The average molecular weight is 378 g/mol. The molecule has 9 heteroatoms. The Morgan fingerprint density at radius 2 is 1.96 bits per heavy atom. The zero-order valence-corrected chi connectivity index (χ0v) is 14.9. The second kappa shape index (κ2) is 7.61. The minimum absolute atomic E-state index is 0.00361. The molecule has 1 aromatic carbocycles. The monoisotopic (exact) mass is 378 g/mol. The van der Waals surface area contributed by atoms with Gasteiger partial charge in [-0.05, 0) is 31.0 Å². The van der Waals surface area contributed by atoms with E-state index in [-0.39, 0.29) is 35.0 Å². The van der Waals surface area contributed by atoms with E-state index in [0.29, 0.717) is 0 Å². The summed E-state index contributed by atoms with van der Waals surface area (Å²) in [5, 5.41) is 26.9. The van der Waals surface area contributed by atoms with Gasteiger partial charge in [-0.1, -0.05) is 19.9 Å². The Kier molecular flexibility index (Phi) is 5.69. The molecule has 0 saturated heterocycles. The highest BCUT2D eigenvalue weighted by Gasteiger charge is 2.30. The first kappa shape index (κ1) is 20.2. The number of rotatable bonds is 4. The number of pyridine rings is 1. The molecule has 0 amide bonds. The van der Waals surface area contributed by atoms with Crippen molar-refractivity contribution in [3.63, 3.8) is 0 Å². The van der Waals surface area contributed by atoms with Crippen LogP contribution in [0.1, 0.15) is 30.5 Å². The second-order valence-corrected chi connectivity index (χ2v) is 6.34. The van der Waals surface area contributed by atoms with E-state index in [9.17, 15) is 28.3 Å². The fourth-order valence-electron chi connectivity index (χ4n) is 2.44. The highest BCUT2D eigenvalue weighted by molar-refractivity contribution is 5.56. The fraction of sp³-hybridized carbons (Fsp3) is 0.333. The molecule has 2 rings (SSSR count). The maximum Gasteiger partial charge on any atom is 0.416 e. The van der Waals surface area contributed by atoms with Crippen LogP contribution < -0.4 is 5.56 Å². The minimum Gasteiger partial charge on any atom is -0.493 e. The van der Waals surface area contributed by atoms with E-state index >= 15 is 0 Å². The van der Waals surface area contributed by atoms with E-state index in [2.05, 4.69) is 10.2 Å². The molecule has 0 aliphatic heterocycles. The van der Waals surface area contributed by atoms with E-state index < -0.39 is 23.2 Å². The van der Waals surface area contributed by atoms with Crippen LogP contribution in [-0.4, -0.2) is 9.67 Å². The van der Waals surface area contributed by atoms with Crippen LogP contribution in [0.3, 0.4) is 0 Å². The molecule has 2 aromatic rings. The van der Waals surface area contributed by atoms with Crippen LogP contribution in [0, 0.1) is 24.2 Å². The lowest BCUT2D eigenvalue weighted by molar-refractivity contribution is -0.137. The molecule has 0 aliphatic rings. The van der Waals surface area contributed by atoms with Crippen molar-refractivity contribution in [1.82, 2.24) is 4.57 Å². The zero-order chi connectivity index (χ0) is 20.4. The minimum atomic E-state index is -4.53. The first-order valence-electron chi connectivity index (χ1n) is 8.01. The average Bonchev–Trinajstić information content (AvgIpc) is 2.58. The molecule has 0 spiro atoms. The van der Waals surface area contributed by atoms with Gasteiger partial charge in [0.15, 0.2) is 5.69 Å². The van der Waals surface area contributed by atoms with Crippen LogP contribution in [0.15, 0.2) is 39.3 Å². The summed E-state index contributed by atoms with van der Waals surface area (Å²) < 4.78 is 39.4. The van der Waals surface area contributed by atoms with E-state index in [4.69, 9.17) is 0 Å². The van der Waals surface area contributed by atoms with Crippen molar-refractivity contribution >= 4 is 11.4 Å². The molecule has 27 heavy (non-hydrogen) atoms. The first-order chi connectivity index (χ1) is 12.6. The summed E-state index contributed by atoms with van der Waals surface area (Å²) in [5.41, 5.74) is -1.89.